The molecule has 0 aromatic heterocycles. The monoisotopic (exact) mass is 431 g/mol. The normalized spacial score (nSPS) is 22.2. The van der Waals surface area contributed by atoms with Crippen molar-refractivity contribution in [3.63, 3.8) is 0 Å². The van der Waals surface area contributed by atoms with Crippen LogP contribution in [-0.2, 0) is 21.2 Å². The maximum Gasteiger partial charge on any atom is 0.418 e. The molecule has 2 aromatic rings. The molecule has 29 heavy (non-hydrogen) atoms. The Bertz CT molecular complexity index is 1010. The Morgan fingerprint density at radius 1 is 1.14 bits per heavy atom. The highest BCUT2D eigenvalue weighted by Gasteiger charge is 2.41. The fraction of sp³-hybridized carbons (Fsp3) is 0.278. The number of alkyl halides is 3. The van der Waals surface area contributed by atoms with Crippen LogP contribution in [0.1, 0.15) is 23.6 Å². The predicted molar refractivity (Wildman–Crippen MR) is 97.4 cm³/mol. The first kappa shape index (κ1) is 21.2. The predicted octanol–water partition coefficient (Wildman–Crippen LogP) is 3.06. The lowest BCUT2D eigenvalue weighted by Crippen LogP contribution is -2.56. The molecular weight excluding hydrogens is 414 g/mol. The van der Waals surface area contributed by atoms with Crippen LogP contribution < -0.4 is 10.0 Å². The Morgan fingerprint density at radius 3 is 2.38 bits per heavy atom. The number of hydrogen-bond acceptors (Lipinski definition) is 3. The molecule has 2 atom stereocenters. The highest BCUT2D eigenvalue weighted by molar-refractivity contribution is 7.87. The van der Waals surface area contributed by atoms with Crippen molar-refractivity contribution in [2.24, 2.45) is 0 Å². The van der Waals surface area contributed by atoms with E-state index in [2.05, 4.69) is 10.0 Å². The first-order valence-electron chi connectivity index (χ1n) is 8.47. The molecule has 156 valence electrons. The topological polar surface area (TPSA) is 78.5 Å². The third-order valence-corrected chi connectivity index (χ3v) is 6.23. The Kier molecular flexibility index (Phi) is 5.65. The van der Waals surface area contributed by atoms with Crippen LogP contribution in [0.3, 0.4) is 0 Å². The Balaban J connectivity index is 1.88. The van der Waals surface area contributed by atoms with Gasteiger partial charge in [0.25, 0.3) is 10.2 Å². The molecule has 0 unspecified atom stereocenters. The number of rotatable bonds is 3. The molecule has 1 aliphatic rings. The van der Waals surface area contributed by atoms with E-state index >= 15 is 0 Å². The van der Waals surface area contributed by atoms with Gasteiger partial charge in [-0.25, -0.2) is 4.39 Å². The van der Waals surface area contributed by atoms with Crippen molar-refractivity contribution in [3.05, 3.63) is 65.5 Å². The van der Waals surface area contributed by atoms with E-state index in [1.54, 1.807) is 0 Å². The lowest BCUT2D eigenvalue weighted by atomic mass is 9.99. The van der Waals surface area contributed by atoms with Crippen molar-refractivity contribution in [1.29, 1.82) is 0 Å². The van der Waals surface area contributed by atoms with Gasteiger partial charge in [-0.2, -0.15) is 30.6 Å². The fourth-order valence-electron chi connectivity index (χ4n) is 3.08. The molecule has 3 rings (SSSR count). The van der Waals surface area contributed by atoms with Crippen LogP contribution in [0.5, 0.6) is 0 Å². The van der Waals surface area contributed by atoms with E-state index in [0.29, 0.717) is 5.56 Å². The second-order valence-corrected chi connectivity index (χ2v) is 8.29. The molecule has 0 bridgehead atoms. The van der Waals surface area contributed by atoms with Crippen LogP contribution in [0.25, 0.3) is 0 Å². The van der Waals surface area contributed by atoms with Gasteiger partial charge in [-0.05, 0) is 36.2 Å². The van der Waals surface area contributed by atoms with Gasteiger partial charge in [0.2, 0.25) is 5.91 Å². The molecule has 0 aliphatic carbocycles. The van der Waals surface area contributed by atoms with Crippen LogP contribution >= 0.6 is 0 Å². The van der Waals surface area contributed by atoms with E-state index in [1.807, 2.05) is 0 Å². The zero-order valence-corrected chi connectivity index (χ0v) is 15.9. The minimum atomic E-state index is -4.69. The summed E-state index contributed by atoms with van der Waals surface area (Å²) < 4.78 is 80.6. The summed E-state index contributed by atoms with van der Waals surface area (Å²) in [6.45, 7) is 0. The summed E-state index contributed by atoms with van der Waals surface area (Å²) in [4.78, 5) is 12.7. The zero-order valence-electron chi connectivity index (χ0n) is 15.1. The minimum absolute atomic E-state index is 0.0542. The third-order valence-electron chi connectivity index (χ3n) is 4.63. The number of benzene rings is 2. The van der Waals surface area contributed by atoms with Gasteiger partial charge in [0.05, 0.1) is 11.3 Å². The fourth-order valence-corrected chi connectivity index (χ4v) is 4.35. The number of anilines is 1. The van der Waals surface area contributed by atoms with Gasteiger partial charge < -0.3 is 5.32 Å². The molecule has 1 amide bonds. The van der Waals surface area contributed by atoms with Crippen molar-refractivity contribution < 1.29 is 30.8 Å². The number of carbonyl (C=O) groups excluding carboxylic acids is 1. The highest BCUT2D eigenvalue weighted by atomic mass is 32.2. The number of nitrogens with one attached hydrogen (secondary N) is 2. The molecule has 0 spiro atoms. The summed E-state index contributed by atoms with van der Waals surface area (Å²) in [6, 6.07) is 7.37. The summed E-state index contributed by atoms with van der Waals surface area (Å²) in [6.07, 6.45) is -4.74. The average Bonchev–Trinajstić information content (AvgIpc) is 2.64. The van der Waals surface area contributed by atoms with Gasteiger partial charge in [-0.1, -0.05) is 24.3 Å². The number of amides is 1. The number of para-hydroxylation sites is 1. The van der Waals surface area contributed by atoms with E-state index < -0.39 is 51.4 Å². The summed E-state index contributed by atoms with van der Waals surface area (Å²) in [5.41, 5.74) is -1.08. The largest absolute Gasteiger partial charge is 0.418 e. The second kappa shape index (κ2) is 7.73. The number of halogens is 4. The highest BCUT2D eigenvalue weighted by Crippen LogP contribution is 2.35. The van der Waals surface area contributed by atoms with E-state index in [-0.39, 0.29) is 6.42 Å². The molecule has 1 heterocycles. The average molecular weight is 431 g/mol. The Morgan fingerprint density at radius 2 is 1.76 bits per heavy atom. The lowest BCUT2D eigenvalue weighted by molar-refractivity contribution is -0.137. The zero-order chi connectivity index (χ0) is 21.4. The SMILES string of the molecule is CN1[C@@H](C(=O)Nc2ccccc2C(F)(F)F)C[C@@H](c2ccc(F)cc2)NS1(=O)=O. The van der Waals surface area contributed by atoms with Gasteiger partial charge in [0.1, 0.15) is 11.9 Å². The molecule has 11 heteroatoms. The Labute approximate surface area is 164 Å². The van der Waals surface area contributed by atoms with Crippen LogP contribution in [0, 0.1) is 5.82 Å². The molecule has 1 aliphatic heterocycles. The van der Waals surface area contributed by atoms with Gasteiger partial charge >= 0.3 is 6.18 Å². The van der Waals surface area contributed by atoms with Crippen molar-refractivity contribution in [3.8, 4) is 0 Å². The maximum absolute atomic E-state index is 13.2. The van der Waals surface area contributed by atoms with E-state index in [4.69, 9.17) is 0 Å². The first-order valence-corrected chi connectivity index (χ1v) is 9.91. The van der Waals surface area contributed by atoms with E-state index in [0.717, 1.165) is 35.6 Å². The molecule has 2 N–H and O–H groups in total. The van der Waals surface area contributed by atoms with Crippen LogP contribution in [0.4, 0.5) is 23.2 Å². The number of nitrogens with zero attached hydrogens (tertiary/aromatic N) is 1. The van der Waals surface area contributed by atoms with Crippen molar-refractivity contribution in [1.82, 2.24) is 9.03 Å². The number of hydrogen-bond donors (Lipinski definition) is 2. The smallest absolute Gasteiger partial charge is 0.324 e. The molecule has 2 aromatic carbocycles. The summed E-state index contributed by atoms with van der Waals surface area (Å²) in [5.74, 6) is -1.41. The molecule has 6 nitrogen and oxygen atoms in total. The lowest BCUT2D eigenvalue weighted by Gasteiger charge is -2.36. The summed E-state index contributed by atoms with van der Waals surface area (Å²) in [5, 5.41) is 2.18. The molecule has 1 saturated heterocycles. The molecule has 1 fully saturated rings. The van der Waals surface area contributed by atoms with Crippen molar-refractivity contribution in [2.45, 2.75) is 24.7 Å². The maximum atomic E-state index is 13.2. The van der Waals surface area contributed by atoms with Crippen molar-refractivity contribution in [2.75, 3.05) is 12.4 Å². The molecule has 0 radical (unpaired) electrons. The van der Waals surface area contributed by atoms with Crippen molar-refractivity contribution >= 4 is 21.8 Å². The van der Waals surface area contributed by atoms with Crippen LogP contribution in [0.2, 0.25) is 0 Å². The quantitative estimate of drug-likeness (QED) is 0.734. The van der Waals surface area contributed by atoms with Crippen LogP contribution in [-0.4, -0.2) is 31.7 Å². The van der Waals surface area contributed by atoms with E-state index in [1.165, 1.54) is 24.3 Å². The Hall–Kier alpha value is -2.50. The molecular formula is C18H17F4N3O3S. The summed E-state index contributed by atoms with van der Waals surface area (Å²) in [7, 11) is -2.93. The number of likely N-dealkylation sites (N-methyl/N-ethyl adjacent to an activating group) is 1. The number of carbonyl (C=O) groups is 1. The van der Waals surface area contributed by atoms with Crippen LogP contribution in [0.15, 0.2) is 48.5 Å². The standard InChI is InChI=1S/C18H17F4N3O3S/c1-25-16(17(26)23-14-5-3-2-4-13(14)18(20,21)22)10-15(24-29(25,27)28)11-6-8-12(19)9-7-11/h2-9,15-16,24H,10H2,1H3,(H,23,26)/t15-,16+/m0/s1. The summed E-state index contributed by atoms with van der Waals surface area (Å²) >= 11 is 0. The van der Waals surface area contributed by atoms with Gasteiger partial charge in [0.15, 0.2) is 0 Å². The van der Waals surface area contributed by atoms with Gasteiger partial charge in [0, 0.05) is 13.1 Å². The van der Waals surface area contributed by atoms with E-state index in [9.17, 15) is 30.8 Å². The van der Waals surface area contributed by atoms with Gasteiger partial charge in [-0.3, -0.25) is 4.79 Å². The first-order chi connectivity index (χ1) is 13.5. The van der Waals surface area contributed by atoms with Gasteiger partial charge in [-0.15, -0.1) is 0 Å². The third kappa shape index (κ3) is 4.57. The second-order valence-electron chi connectivity index (χ2n) is 6.53. The minimum Gasteiger partial charge on any atom is -0.324 e. The molecule has 0 saturated carbocycles.